The molecule has 19 aromatic rings. The molecule has 19 rings (SSSR count). The zero-order chi connectivity index (χ0) is 58.4. The van der Waals surface area contributed by atoms with Gasteiger partial charge in [-0.15, -0.1) is 11.3 Å². The smallest absolute Gasteiger partial charge is 0.0991 e. The van der Waals surface area contributed by atoms with E-state index >= 15 is 0 Å². The summed E-state index contributed by atoms with van der Waals surface area (Å²) in [4.78, 5) is 0. The summed E-state index contributed by atoms with van der Waals surface area (Å²) in [6.45, 7) is 0. The van der Waals surface area contributed by atoms with E-state index in [1.165, 1.54) is 102 Å². The lowest BCUT2D eigenvalue weighted by Crippen LogP contribution is -1.94. The molecule has 0 aliphatic carbocycles. The number of nitrogens with zero attached hydrogens (tertiary/aromatic N) is 5. The molecule has 0 aliphatic rings. The lowest BCUT2D eigenvalue weighted by molar-refractivity contribution is 1.18. The van der Waals surface area contributed by atoms with Gasteiger partial charge in [-0.05, 0) is 184 Å². The van der Waals surface area contributed by atoms with Gasteiger partial charge in [0.05, 0.1) is 66.2 Å². The van der Waals surface area contributed by atoms with Crippen molar-refractivity contribution in [3.05, 3.63) is 303 Å². The van der Waals surface area contributed by atoms with E-state index in [-0.39, 0.29) is 0 Å². The Labute approximate surface area is 514 Å². The monoisotopic (exact) mass is 1150 g/mol. The number of hydrogen-bond acceptors (Lipinski definition) is 2. The van der Waals surface area contributed by atoms with Crippen molar-refractivity contribution in [1.29, 1.82) is 5.26 Å². The molecule has 0 amide bonds. The molecule has 0 aliphatic heterocycles. The highest BCUT2D eigenvalue weighted by molar-refractivity contribution is 7.26. The molecule has 5 nitrogen and oxygen atoms in total. The zero-order valence-corrected chi connectivity index (χ0v) is 48.8. The summed E-state index contributed by atoms with van der Waals surface area (Å²) < 4.78 is 12.2. The summed E-state index contributed by atoms with van der Waals surface area (Å²) in [5.41, 5.74) is 21.3. The first-order valence-corrected chi connectivity index (χ1v) is 31.1. The Morgan fingerprint density at radius 1 is 0.247 bits per heavy atom. The lowest BCUT2D eigenvalue weighted by atomic mass is 9.98. The first-order valence-electron chi connectivity index (χ1n) is 30.3. The van der Waals surface area contributed by atoms with Crippen LogP contribution in [0, 0.1) is 11.3 Å². The van der Waals surface area contributed by atoms with Gasteiger partial charge >= 0.3 is 0 Å². The summed E-state index contributed by atoms with van der Waals surface area (Å²) in [7, 11) is 0. The van der Waals surface area contributed by atoms with Gasteiger partial charge in [0.25, 0.3) is 0 Å². The summed E-state index contributed by atoms with van der Waals surface area (Å²) in [6, 6.07) is 111. The highest BCUT2D eigenvalue weighted by atomic mass is 32.1. The molecule has 89 heavy (non-hydrogen) atoms. The molecule has 5 heterocycles. The molecule has 0 radical (unpaired) electrons. The Morgan fingerprint density at radius 2 is 0.663 bits per heavy atom. The molecule has 0 atom stereocenters. The van der Waals surface area contributed by atoms with Crippen molar-refractivity contribution < 1.29 is 0 Å². The molecule has 0 fully saturated rings. The number of hydrogen-bond donors (Lipinski definition) is 0. The molecule has 0 spiro atoms. The number of thiophene rings is 1. The van der Waals surface area contributed by atoms with Crippen LogP contribution < -0.4 is 0 Å². The van der Waals surface area contributed by atoms with Crippen molar-refractivity contribution in [1.82, 2.24) is 18.3 Å². The third kappa shape index (κ3) is 7.47. The average molecular weight is 1150 g/mol. The fourth-order valence-electron chi connectivity index (χ4n) is 14.6. The fourth-order valence-corrected chi connectivity index (χ4v) is 15.9. The molecule has 0 saturated heterocycles. The van der Waals surface area contributed by atoms with Gasteiger partial charge in [0.15, 0.2) is 0 Å². The maximum Gasteiger partial charge on any atom is 0.0991 e. The van der Waals surface area contributed by atoms with Gasteiger partial charge < -0.3 is 18.3 Å². The van der Waals surface area contributed by atoms with Crippen LogP contribution in [0.5, 0.6) is 0 Å². The number of fused-ring (bicyclic) bond motifs is 16. The Balaban J connectivity index is 0.770. The van der Waals surface area contributed by atoms with E-state index in [1.54, 1.807) is 0 Å². The van der Waals surface area contributed by atoms with Gasteiger partial charge in [0, 0.05) is 75.6 Å². The number of nitriles is 1. The average Bonchev–Trinajstić information content (AvgIpc) is 1.83. The van der Waals surface area contributed by atoms with Crippen molar-refractivity contribution in [3.8, 4) is 62.2 Å². The van der Waals surface area contributed by atoms with Crippen molar-refractivity contribution in [2.45, 2.75) is 0 Å². The second kappa shape index (κ2) is 19.1. The first-order chi connectivity index (χ1) is 44.1. The van der Waals surface area contributed by atoms with Crippen LogP contribution >= 0.6 is 11.3 Å². The van der Waals surface area contributed by atoms with Crippen LogP contribution in [0.2, 0.25) is 0 Å². The van der Waals surface area contributed by atoms with E-state index < -0.39 is 0 Å². The molecule has 412 valence electrons. The van der Waals surface area contributed by atoms with Crippen LogP contribution in [0.4, 0.5) is 0 Å². The van der Waals surface area contributed by atoms with Crippen LogP contribution in [0.3, 0.4) is 0 Å². The van der Waals surface area contributed by atoms with Crippen LogP contribution in [0.25, 0.3) is 174 Å². The van der Waals surface area contributed by atoms with E-state index in [1.807, 2.05) is 23.5 Å². The minimum absolute atomic E-state index is 0.630. The number of rotatable bonds is 7. The number of benzene rings is 14. The van der Waals surface area contributed by atoms with Gasteiger partial charge in [-0.2, -0.15) is 5.26 Å². The SMILES string of the molecule is N#Cc1ccc(-n2c3ccc(-c4ccc5c(c4)c4ccccc4n5-c4cccc5c4sc4ccccc45)cc3c3ccc(-c4ccc5c(c4)c4cc(-c6ccc7c(c6)c6ccccc6n7-c6ccccc6)ccc4n5-c4ccc5ccccc5c4)cc32)cc1. The van der Waals surface area contributed by atoms with Crippen LogP contribution in [-0.2, 0) is 0 Å². The third-order valence-electron chi connectivity index (χ3n) is 18.8. The summed E-state index contributed by atoms with van der Waals surface area (Å²) in [5, 5.41) is 24.6. The summed E-state index contributed by atoms with van der Waals surface area (Å²) in [6.07, 6.45) is 0. The molecule has 0 unspecified atom stereocenters. The van der Waals surface area contributed by atoms with Gasteiger partial charge in [-0.1, -0.05) is 158 Å². The molecule has 6 heteroatoms. The highest BCUT2D eigenvalue weighted by Gasteiger charge is 2.22. The van der Waals surface area contributed by atoms with Crippen LogP contribution in [0.1, 0.15) is 5.56 Å². The number of aromatic nitrogens is 4. The molecular formula is C83H49N5S. The summed E-state index contributed by atoms with van der Waals surface area (Å²) >= 11 is 1.87. The molecule has 0 N–H and O–H groups in total. The fraction of sp³-hybridized carbons (Fsp3) is 0. The van der Waals surface area contributed by atoms with Gasteiger partial charge in [-0.3, -0.25) is 0 Å². The highest BCUT2D eigenvalue weighted by Crippen LogP contribution is 2.45. The van der Waals surface area contributed by atoms with Crippen molar-refractivity contribution in [3.63, 3.8) is 0 Å². The van der Waals surface area contributed by atoms with Gasteiger partial charge in [-0.25, -0.2) is 0 Å². The molecular weight excluding hydrogens is 1100 g/mol. The Hall–Kier alpha value is -11.8. The molecule has 5 aromatic heterocycles. The molecule has 0 saturated carbocycles. The lowest BCUT2D eigenvalue weighted by Gasteiger charge is -2.11. The molecule has 0 bridgehead atoms. The quantitative estimate of drug-likeness (QED) is 0.157. The predicted molar refractivity (Wildman–Crippen MR) is 375 cm³/mol. The van der Waals surface area contributed by atoms with Crippen molar-refractivity contribution >= 4 is 130 Å². The minimum Gasteiger partial charge on any atom is -0.309 e. The van der Waals surface area contributed by atoms with Gasteiger partial charge in [0.2, 0.25) is 0 Å². The van der Waals surface area contributed by atoms with E-state index in [4.69, 9.17) is 0 Å². The Bertz CT molecular complexity index is 6240. The topological polar surface area (TPSA) is 43.5 Å². The van der Waals surface area contributed by atoms with Crippen LogP contribution in [0.15, 0.2) is 297 Å². The largest absolute Gasteiger partial charge is 0.309 e. The maximum atomic E-state index is 9.93. The Kier molecular flexibility index (Phi) is 10.6. The Morgan fingerprint density at radius 3 is 1.27 bits per heavy atom. The normalized spacial score (nSPS) is 12.0. The maximum absolute atomic E-state index is 9.93. The zero-order valence-electron chi connectivity index (χ0n) is 47.9. The standard InChI is InChI=1S/C83H49N5S/c84-50-51-25-34-61(35-26-51)86-76-39-30-55(56-33-42-79-69(45-56)64-18-7-10-22-74(64)88(79)80-23-12-20-67-66-19-8-11-24-82(66)89-83(67)80)46-70(76)65-37-28-59(49-81(65)86)58-32-41-78-72(48-58)71-47-57(31-40-77(71)87(78)62-36-27-52-13-4-5-14-53(52)43-62)54-29-38-75-68(44-54)63-17-6-9-21-73(63)85(75)60-15-2-1-3-16-60/h1-49H. The molecule has 14 aromatic carbocycles. The van der Waals surface area contributed by atoms with Crippen molar-refractivity contribution in [2.75, 3.05) is 0 Å². The second-order valence-corrected chi connectivity index (χ2v) is 24.6. The third-order valence-corrected chi connectivity index (χ3v) is 20.0. The van der Waals surface area contributed by atoms with Gasteiger partial charge in [0.1, 0.15) is 0 Å². The van der Waals surface area contributed by atoms with Crippen LogP contribution in [-0.4, -0.2) is 18.3 Å². The van der Waals surface area contributed by atoms with E-state index in [2.05, 4.69) is 309 Å². The van der Waals surface area contributed by atoms with E-state index in [0.717, 1.165) is 72.2 Å². The second-order valence-electron chi connectivity index (χ2n) is 23.5. The summed E-state index contributed by atoms with van der Waals surface area (Å²) in [5.74, 6) is 0. The van der Waals surface area contributed by atoms with E-state index in [9.17, 15) is 5.26 Å². The predicted octanol–water partition coefficient (Wildman–Crippen LogP) is 22.5. The minimum atomic E-state index is 0.630. The first kappa shape index (κ1) is 49.5. The number of para-hydroxylation sites is 3. The van der Waals surface area contributed by atoms with E-state index in [0.29, 0.717) is 5.56 Å². The van der Waals surface area contributed by atoms with Crippen molar-refractivity contribution in [2.24, 2.45) is 0 Å².